The van der Waals surface area contributed by atoms with Crippen LogP contribution < -0.4 is 0 Å². The van der Waals surface area contributed by atoms with Crippen LogP contribution in [0.15, 0.2) is 61.2 Å². The van der Waals surface area contributed by atoms with Crippen LogP contribution in [0.4, 0.5) is 0 Å². The van der Waals surface area contributed by atoms with Crippen molar-refractivity contribution < 1.29 is 0 Å². The van der Waals surface area contributed by atoms with Crippen molar-refractivity contribution in [2.45, 2.75) is 0 Å². The van der Waals surface area contributed by atoms with Gasteiger partial charge in [0.2, 0.25) is 0 Å². The molecule has 1 aromatic heterocycles. The first kappa shape index (κ1) is 10.2. The van der Waals surface area contributed by atoms with Crippen molar-refractivity contribution in [2.24, 2.45) is 0 Å². The Balaban J connectivity index is 2.16. The number of nitrogens with zero attached hydrogens (tertiary/aromatic N) is 4. The van der Waals surface area contributed by atoms with Gasteiger partial charge >= 0.3 is 0 Å². The van der Waals surface area contributed by atoms with Gasteiger partial charge in [-0.2, -0.15) is 0 Å². The van der Waals surface area contributed by atoms with Crippen LogP contribution in [0.5, 0.6) is 0 Å². The standard InChI is InChI=1S/C15H10N4/c1-2-5-11(6-3-1)19-9-13-14(18-10-17-13)12-7-4-8-16-15(12)19/h1-10H. The fourth-order valence-corrected chi connectivity index (χ4v) is 2.32. The minimum Gasteiger partial charge on any atom is -0.299 e. The highest BCUT2D eigenvalue weighted by atomic mass is 15.0. The van der Waals surface area contributed by atoms with Crippen LogP contribution in [0.2, 0.25) is 0 Å². The molecule has 4 nitrogen and oxygen atoms in total. The molecule has 4 rings (SSSR count). The van der Waals surface area contributed by atoms with Crippen LogP contribution in [-0.2, 0) is 0 Å². The third kappa shape index (κ3) is 1.50. The van der Waals surface area contributed by atoms with Crippen molar-refractivity contribution in [3.63, 3.8) is 0 Å². The van der Waals surface area contributed by atoms with Crippen LogP contribution in [0.1, 0.15) is 0 Å². The van der Waals surface area contributed by atoms with Gasteiger partial charge in [0, 0.05) is 23.5 Å². The molecule has 19 heavy (non-hydrogen) atoms. The molecular formula is C15H10N4. The summed E-state index contributed by atoms with van der Waals surface area (Å²) in [5, 5.41) is 1.02. The maximum Gasteiger partial charge on any atom is 0.146 e. The van der Waals surface area contributed by atoms with Crippen LogP contribution in [-0.4, -0.2) is 19.5 Å². The molecule has 2 aliphatic heterocycles. The van der Waals surface area contributed by atoms with Gasteiger partial charge in [0.1, 0.15) is 23.4 Å². The Morgan fingerprint density at radius 2 is 1.74 bits per heavy atom. The molecule has 3 heterocycles. The van der Waals surface area contributed by atoms with Crippen molar-refractivity contribution in [1.29, 1.82) is 0 Å². The minimum atomic E-state index is 0.879. The number of hydrogen-bond donors (Lipinski definition) is 0. The molecule has 2 aromatic rings. The molecule has 0 radical (unpaired) electrons. The lowest BCUT2D eigenvalue weighted by Crippen LogP contribution is -2.01. The van der Waals surface area contributed by atoms with E-state index in [4.69, 9.17) is 0 Å². The molecule has 0 N–H and O–H groups in total. The van der Waals surface area contributed by atoms with Crippen molar-refractivity contribution in [2.75, 3.05) is 0 Å². The van der Waals surface area contributed by atoms with E-state index in [0.717, 1.165) is 28.1 Å². The quantitative estimate of drug-likeness (QED) is 0.518. The first-order valence-corrected chi connectivity index (χ1v) is 6.06. The van der Waals surface area contributed by atoms with Crippen molar-refractivity contribution in [1.82, 2.24) is 19.5 Å². The summed E-state index contributed by atoms with van der Waals surface area (Å²) in [5.41, 5.74) is 3.73. The molecule has 2 aliphatic rings. The SMILES string of the molecule is c1ccc(-n2cc3ncnc-3c3cccnc32)cc1. The molecule has 0 unspecified atom stereocenters. The first-order chi connectivity index (χ1) is 9.43. The van der Waals surface area contributed by atoms with Gasteiger partial charge in [0.05, 0.1) is 0 Å². The van der Waals surface area contributed by atoms with E-state index in [2.05, 4.69) is 27.1 Å². The molecule has 0 fully saturated rings. The summed E-state index contributed by atoms with van der Waals surface area (Å²) in [7, 11) is 0. The maximum absolute atomic E-state index is 4.48. The van der Waals surface area contributed by atoms with E-state index in [-0.39, 0.29) is 0 Å². The lowest BCUT2D eigenvalue weighted by atomic mass is 10.2. The fraction of sp³-hybridized carbons (Fsp3) is 0. The molecule has 0 atom stereocenters. The second-order valence-corrected chi connectivity index (χ2v) is 4.32. The van der Waals surface area contributed by atoms with E-state index in [1.54, 1.807) is 12.5 Å². The predicted octanol–water partition coefficient (Wildman–Crippen LogP) is 2.92. The normalized spacial score (nSPS) is 11.2. The van der Waals surface area contributed by atoms with E-state index in [9.17, 15) is 0 Å². The van der Waals surface area contributed by atoms with Gasteiger partial charge in [0.25, 0.3) is 0 Å². The predicted molar refractivity (Wildman–Crippen MR) is 73.3 cm³/mol. The highest BCUT2D eigenvalue weighted by Crippen LogP contribution is 2.28. The summed E-state index contributed by atoms with van der Waals surface area (Å²) < 4.78 is 2.05. The third-order valence-corrected chi connectivity index (χ3v) is 3.18. The summed E-state index contributed by atoms with van der Waals surface area (Å²) in [6.45, 7) is 0. The monoisotopic (exact) mass is 246 g/mol. The van der Waals surface area contributed by atoms with E-state index < -0.39 is 0 Å². The highest BCUT2D eigenvalue weighted by molar-refractivity contribution is 5.91. The number of para-hydroxylation sites is 1. The Morgan fingerprint density at radius 3 is 2.63 bits per heavy atom. The lowest BCUT2D eigenvalue weighted by molar-refractivity contribution is 1.06. The van der Waals surface area contributed by atoms with E-state index in [1.165, 1.54) is 0 Å². The summed E-state index contributed by atoms with van der Waals surface area (Å²) in [6.07, 6.45) is 5.36. The zero-order chi connectivity index (χ0) is 12.7. The summed E-state index contributed by atoms with van der Waals surface area (Å²) >= 11 is 0. The van der Waals surface area contributed by atoms with Crippen molar-refractivity contribution in [3.05, 3.63) is 61.2 Å². The molecule has 0 spiro atoms. The smallest absolute Gasteiger partial charge is 0.146 e. The third-order valence-electron chi connectivity index (χ3n) is 3.18. The van der Waals surface area contributed by atoms with E-state index in [1.807, 2.05) is 41.1 Å². The maximum atomic E-state index is 4.48. The zero-order valence-electron chi connectivity index (χ0n) is 10.1. The van der Waals surface area contributed by atoms with Crippen molar-refractivity contribution in [3.8, 4) is 17.1 Å². The molecule has 0 amide bonds. The Hall–Kier alpha value is -2.75. The number of hydrogen-bond acceptors (Lipinski definition) is 3. The molecule has 0 bridgehead atoms. The molecular weight excluding hydrogens is 236 g/mol. The van der Waals surface area contributed by atoms with Gasteiger partial charge in [-0.25, -0.2) is 15.0 Å². The molecule has 4 heteroatoms. The topological polar surface area (TPSA) is 43.6 Å². The Morgan fingerprint density at radius 1 is 0.842 bits per heavy atom. The van der Waals surface area contributed by atoms with Crippen LogP contribution >= 0.6 is 0 Å². The van der Waals surface area contributed by atoms with Gasteiger partial charge in [-0.1, -0.05) is 18.2 Å². The van der Waals surface area contributed by atoms with Crippen LogP contribution in [0.3, 0.4) is 0 Å². The fourth-order valence-electron chi connectivity index (χ4n) is 2.32. The number of aromatic nitrogens is 4. The van der Waals surface area contributed by atoms with E-state index in [0.29, 0.717) is 0 Å². The highest BCUT2D eigenvalue weighted by Gasteiger charge is 2.14. The number of rotatable bonds is 1. The molecule has 0 aliphatic carbocycles. The lowest BCUT2D eigenvalue weighted by Gasteiger charge is -2.12. The summed E-state index contributed by atoms with van der Waals surface area (Å²) in [5.74, 6) is 0. The number of pyridine rings is 2. The van der Waals surface area contributed by atoms with Gasteiger partial charge in [0.15, 0.2) is 0 Å². The summed E-state index contributed by atoms with van der Waals surface area (Å²) in [4.78, 5) is 13.1. The molecule has 90 valence electrons. The Kier molecular flexibility index (Phi) is 2.08. The number of fused-ring (bicyclic) bond motifs is 3. The largest absolute Gasteiger partial charge is 0.299 e. The second-order valence-electron chi connectivity index (χ2n) is 4.32. The first-order valence-electron chi connectivity index (χ1n) is 6.06. The van der Waals surface area contributed by atoms with Gasteiger partial charge in [-0.05, 0) is 24.3 Å². The van der Waals surface area contributed by atoms with Crippen molar-refractivity contribution >= 4 is 11.0 Å². The van der Waals surface area contributed by atoms with Crippen LogP contribution in [0.25, 0.3) is 28.1 Å². The minimum absolute atomic E-state index is 0.879. The molecule has 0 saturated heterocycles. The zero-order valence-corrected chi connectivity index (χ0v) is 10.1. The number of imidazole rings is 1. The van der Waals surface area contributed by atoms with Gasteiger partial charge < -0.3 is 0 Å². The molecule has 0 saturated carbocycles. The Bertz CT molecular complexity index is 820. The van der Waals surface area contributed by atoms with E-state index >= 15 is 0 Å². The van der Waals surface area contributed by atoms with Crippen LogP contribution in [0, 0.1) is 0 Å². The average Bonchev–Trinajstić information content (AvgIpc) is 2.96. The summed E-state index contributed by atoms with van der Waals surface area (Å²) in [6, 6.07) is 14.1. The number of benzene rings is 1. The second kappa shape index (κ2) is 3.88. The van der Waals surface area contributed by atoms with Gasteiger partial charge in [-0.3, -0.25) is 4.57 Å². The molecule has 1 aromatic carbocycles. The Labute approximate surface area is 109 Å². The average molecular weight is 246 g/mol. The van der Waals surface area contributed by atoms with Gasteiger partial charge in [-0.15, -0.1) is 0 Å².